The van der Waals surface area contributed by atoms with Crippen LogP contribution in [0, 0.1) is 20.8 Å². The van der Waals surface area contributed by atoms with Crippen molar-refractivity contribution in [1.82, 2.24) is 24.9 Å². The predicted octanol–water partition coefficient (Wildman–Crippen LogP) is 2.38. The van der Waals surface area contributed by atoms with Gasteiger partial charge in [0.1, 0.15) is 0 Å². The molecule has 6 heteroatoms. The summed E-state index contributed by atoms with van der Waals surface area (Å²) in [5.74, 6) is 0. The fraction of sp³-hybridized carbons (Fsp3) is 0.571. The average molecular weight is 296 g/mol. The first-order valence-electron chi connectivity index (χ1n) is 6.88. The molecule has 110 valence electrons. The van der Waals surface area contributed by atoms with Crippen molar-refractivity contribution in [2.75, 3.05) is 6.54 Å². The Bertz CT molecular complexity index is 585. The highest BCUT2D eigenvalue weighted by Crippen LogP contribution is 2.18. The monoisotopic (exact) mass is 295 g/mol. The van der Waals surface area contributed by atoms with Crippen LogP contribution < -0.4 is 5.32 Å². The lowest BCUT2D eigenvalue weighted by Crippen LogP contribution is -2.19. The lowest BCUT2D eigenvalue weighted by Gasteiger charge is -2.07. The van der Waals surface area contributed by atoms with E-state index >= 15 is 0 Å². The van der Waals surface area contributed by atoms with Crippen molar-refractivity contribution < 1.29 is 0 Å². The number of aromatic nitrogens is 4. The van der Waals surface area contributed by atoms with Gasteiger partial charge in [-0.15, -0.1) is 0 Å². The van der Waals surface area contributed by atoms with Crippen LogP contribution in [0.2, 0.25) is 5.02 Å². The Morgan fingerprint density at radius 3 is 2.55 bits per heavy atom. The minimum absolute atomic E-state index is 0.743. The van der Waals surface area contributed by atoms with Gasteiger partial charge in [-0.05, 0) is 39.8 Å². The summed E-state index contributed by atoms with van der Waals surface area (Å²) in [6.45, 7) is 8.64. The van der Waals surface area contributed by atoms with Crippen molar-refractivity contribution in [3.8, 4) is 0 Å². The largest absolute Gasteiger partial charge is 0.311 e. The number of halogens is 1. The molecule has 0 aliphatic rings. The van der Waals surface area contributed by atoms with Crippen LogP contribution in [-0.2, 0) is 20.1 Å². The third-order valence-corrected chi connectivity index (χ3v) is 3.87. The molecule has 0 aliphatic heterocycles. The molecule has 2 heterocycles. The summed E-state index contributed by atoms with van der Waals surface area (Å²) in [5.41, 5.74) is 4.21. The van der Waals surface area contributed by atoms with Gasteiger partial charge in [0.05, 0.1) is 22.1 Å². The molecular formula is C14H22ClN5. The van der Waals surface area contributed by atoms with E-state index in [4.69, 9.17) is 11.6 Å². The Hall–Kier alpha value is -1.33. The number of hydrogen-bond acceptors (Lipinski definition) is 3. The first-order chi connectivity index (χ1) is 9.49. The van der Waals surface area contributed by atoms with Crippen LogP contribution in [0.4, 0.5) is 0 Å². The second kappa shape index (κ2) is 6.41. The maximum Gasteiger partial charge on any atom is 0.0860 e. The second-order valence-electron chi connectivity index (χ2n) is 5.15. The van der Waals surface area contributed by atoms with Crippen LogP contribution in [0.5, 0.6) is 0 Å². The molecule has 0 radical (unpaired) electrons. The van der Waals surface area contributed by atoms with Crippen LogP contribution in [-0.4, -0.2) is 26.1 Å². The fourth-order valence-corrected chi connectivity index (χ4v) is 2.56. The van der Waals surface area contributed by atoms with Gasteiger partial charge in [-0.2, -0.15) is 10.2 Å². The van der Waals surface area contributed by atoms with Gasteiger partial charge in [0, 0.05) is 25.8 Å². The summed E-state index contributed by atoms with van der Waals surface area (Å²) in [7, 11) is 1.92. The molecule has 0 saturated heterocycles. The third-order valence-electron chi connectivity index (χ3n) is 3.38. The van der Waals surface area contributed by atoms with Gasteiger partial charge in [0.2, 0.25) is 0 Å². The molecule has 2 rings (SSSR count). The van der Waals surface area contributed by atoms with Crippen LogP contribution in [0.1, 0.15) is 29.2 Å². The zero-order valence-electron chi connectivity index (χ0n) is 12.6. The number of hydrogen-bond donors (Lipinski definition) is 1. The van der Waals surface area contributed by atoms with Gasteiger partial charge in [-0.3, -0.25) is 9.36 Å². The molecule has 0 aliphatic carbocycles. The first kappa shape index (κ1) is 15.1. The molecule has 1 N–H and O–H groups in total. The van der Waals surface area contributed by atoms with Crippen molar-refractivity contribution in [3.05, 3.63) is 33.9 Å². The summed E-state index contributed by atoms with van der Waals surface area (Å²) < 4.78 is 3.89. The van der Waals surface area contributed by atoms with Gasteiger partial charge in [-0.1, -0.05) is 11.6 Å². The van der Waals surface area contributed by atoms with E-state index in [-0.39, 0.29) is 0 Å². The summed E-state index contributed by atoms with van der Waals surface area (Å²) >= 11 is 6.21. The van der Waals surface area contributed by atoms with Gasteiger partial charge in [0.15, 0.2) is 0 Å². The SMILES string of the molecule is Cc1cc(C)n(CCCNCc2c(Cl)c(C)nn2C)n1. The highest BCUT2D eigenvalue weighted by Gasteiger charge is 2.09. The highest BCUT2D eigenvalue weighted by atomic mass is 35.5. The van der Waals surface area contributed by atoms with Crippen molar-refractivity contribution in [2.45, 2.75) is 40.3 Å². The quantitative estimate of drug-likeness (QED) is 0.832. The zero-order valence-corrected chi connectivity index (χ0v) is 13.3. The minimum Gasteiger partial charge on any atom is -0.311 e. The Labute approximate surface area is 124 Å². The van der Waals surface area contributed by atoms with Gasteiger partial charge in [-0.25, -0.2) is 0 Å². The van der Waals surface area contributed by atoms with Gasteiger partial charge in [0.25, 0.3) is 0 Å². The molecule has 0 saturated carbocycles. The number of nitrogens with one attached hydrogen (secondary N) is 1. The molecule has 2 aromatic heterocycles. The van der Waals surface area contributed by atoms with Crippen molar-refractivity contribution in [3.63, 3.8) is 0 Å². The molecule has 0 spiro atoms. The molecule has 0 atom stereocenters. The third kappa shape index (κ3) is 3.41. The Balaban J connectivity index is 1.75. The average Bonchev–Trinajstić information content (AvgIpc) is 2.82. The molecule has 5 nitrogen and oxygen atoms in total. The van der Waals surface area contributed by atoms with E-state index in [1.807, 2.05) is 25.6 Å². The summed E-state index contributed by atoms with van der Waals surface area (Å²) in [4.78, 5) is 0. The number of aryl methyl sites for hydroxylation is 5. The summed E-state index contributed by atoms with van der Waals surface area (Å²) in [6, 6.07) is 2.10. The van der Waals surface area contributed by atoms with E-state index in [0.29, 0.717) is 0 Å². The number of nitrogens with zero attached hydrogens (tertiary/aromatic N) is 4. The molecule has 0 bridgehead atoms. The van der Waals surface area contributed by atoms with E-state index in [9.17, 15) is 0 Å². The summed E-state index contributed by atoms with van der Waals surface area (Å²) in [5, 5.41) is 12.9. The Morgan fingerprint density at radius 2 is 2.00 bits per heavy atom. The van der Waals surface area contributed by atoms with E-state index in [1.54, 1.807) is 0 Å². The van der Waals surface area contributed by atoms with Crippen molar-refractivity contribution in [1.29, 1.82) is 0 Å². The predicted molar refractivity (Wildman–Crippen MR) is 81.0 cm³/mol. The second-order valence-corrected chi connectivity index (χ2v) is 5.53. The smallest absolute Gasteiger partial charge is 0.0860 e. The molecule has 0 aromatic carbocycles. The Morgan fingerprint density at radius 1 is 1.25 bits per heavy atom. The van der Waals surface area contributed by atoms with Gasteiger partial charge >= 0.3 is 0 Å². The molecule has 0 fully saturated rings. The maximum atomic E-state index is 6.21. The zero-order chi connectivity index (χ0) is 14.7. The molecule has 2 aromatic rings. The lowest BCUT2D eigenvalue weighted by molar-refractivity contribution is 0.525. The topological polar surface area (TPSA) is 47.7 Å². The maximum absolute atomic E-state index is 6.21. The minimum atomic E-state index is 0.743. The van der Waals surface area contributed by atoms with E-state index in [2.05, 4.69) is 33.2 Å². The van der Waals surface area contributed by atoms with Gasteiger partial charge < -0.3 is 5.32 Å². The lowest BCUT2D eigenvalue weighted by atomic mass is 10.3. The van der Waals surface area contributed by atoms with E-state index in [0.717, 1.165) is 48.2 Å². The standard InChI is InChI=1S/C14H22ClN5/c1-10-8-11(2)20(17-10)7-5-6-16-9-13-14(15)12(3)18-19(13)4/h8,16H,5-7,9H2,1-4H3. The van der Waals surface area contributed by atoms with E-state index < -0.39 is 0 Å². The van der Waals surface area contributed by atoms with Crippen LogP contribution in [0.15, 0.2) is 6.07 Å². The molecule has 20 heavy (non-hydrogen) atoms. The van der Waals surface area contributed by atoms with Crippen LogP contribution >= 0.6 is 11.6 Å². The number of rotatable bonds is 6. The highest BCUT2D eigenvalue weighted by molar-refractivity contribution is 6.31. The summed E-state index contributed by atoms with van der Waals surface area (Å²) in [6.07, 6.45) is 1.04. The van der Waals surface area contributed by atoms with Crippen molar-refractivity contribution >= 4 is 11.6 Å². The normalized spacial score (nSPS) is 11.2. The Kier molecular flexibility index (Phi) is 4.83. The van der Waals surface area contributed by atoms with Crippen LogP contribution in [0.25, 0.3) is 0 Å². The molecular weight excluding hydrogens is 274 g/mol. The molecule has 0 amide bonds. The fourth-order valence-electron chi connectivity index (χ4n) is 2.33. The van der Waals surface area contributed by atoms with E-state index in [1.165, 1.54) is 5.69 Å². The van der Waals surface area contributed by atoms with Crippen LogP contribution in [0.3, 0.4) is 0 Å². The first-order valence-corrected chi connectivity index (χ1v) is 7.26. The van der Waals surface area contributed by atoms with Crippen molar-refractivity contribution in [2.24, 2.45) is 7.05 Å². The molecule has 0 unspecified atom stereocenters.